The van der Waals surface area contributed by atoms with Crippen molar-refractivity contribution in [3.8, 4) is 0 Å². The van der Waals surface area contributed by atoms with Gasteiger partial charge in [0, 0.05) is 49.3 Å². The van der Waals surface area contributed by atoms with Crippen LogP contribution < -0.4 is 10.2 Å². The zero-order valence-corrected chi connectivity index (χ0v) is 20.9. The molecule has 7 heteroatoms. The molecule has 1 atom stereocenters. The van der Waals surface area contributed by atoms with E-state index in [1.165, 1.54) is 5.56 Å². The molecule has 2 heterocycles. The lowest BCUT2D eigenvalue weighted by Crippen LogP contribution is -2.31. The molecule has 178 valence electrons. The van der Waals surface area contributed by atoms with Crippen LogP contribution in [0.4, 0.5) is 5.82 Å². The summed E-state index contributed by atoms with van der Waals surface area (Å²) >= 11 is 1.61. The van der Waals surface area contributed by atoms with Crippen LogP contribution in [-0.2, 0) is 17.0 Å². The van der Waals surface area contributed by atoms with Crippen molar-refractivity contribution in [1.29, 1.82) is 0 Å². The van der Waals surface area contributed by atoms with E-state index in [0.29, 0.717) is 12.1 Å². The number of amides is 1. The van der Waals surface area contributed by atoms with Crippen LogP contribution in [-0.4, -0.2) is 42.2 Å². The number of aromatic nitrogens is 2. The molecular weight excluding hydrogens is 444 g/mol. The Morgan fingerprint density at radius 2 is 1.85 bits per heavy atom. The molecule has 0 aliphatic carbocycles. The van der Waals surface area contributed by atoms with Gasteiger partial charge in [0.1, 0.15) is 5.82 Å². The number of rotatable bonds is 9. The fourth-order valence-corrected chi connectivity index (χ4v) is 4.81. The first-order chi connectivity index (χ1) is 16.5. The van der Waals surface area contributed by atoms with Crippen molar-refractivity contribution in [3.05, 3.63) is 82.5 Å². The van der Waals surface area contributed by atoms with Crippen molar-refractivity contribution in [2.24, 2.45) is 0 Å². The van der Waals surface area contributed by atoms with E-state index in [2.05, 4.69) is 48.5 Å². The van der Waals surface area contributed by atoms with Crippen LogP contribution in [0, 0.1) is 13.8 Å². The molecule has 1 aliphatic rings. The van der Waals surface area contributed by atoms with Gasteiger partial charge in [-0.3, -0.25) is 4.79 Å². The fraction of sp³-hybridized carbons (Fsp3) is 0.370. The van der Waals surface area contributed by atoms with Gasteiger partial charge in [-0.15, -0.1) is 0 Å². The SMILES string of the molecule is Cc1nc(SCc2ccc(C(=O)NCC3CCCO3)cc2)nc(N(C)Cc2ccccc2)c1C. The topological polar surface area (TPSA) is 67.3 Å². The molecule has 2 aromatic carbocycles. The molecule has 1 unspecified atom stereocenters. The molecular formula is C27H32N4O2S. The minimum Gasteiger partial charge on any atom is -0.376 e. The summed E-state index contributed by atoms with van der Waals surface area (Å²) in [4.78, 5) is 24.1. The van der Waals surface area contributed by atoms with Crippen LogP contribution in [0.1, 0.15) is 45.6 Å². The maximum Gasteiger partial charge on any atom is 0.251 e. The summed E-state index contributed by atoms with van der Waals surface area (Å²) in [5, 5.41) is 3.73. The Labute approximate surface area is 206 Å². The molecule has 1 amide bonds. The van der Waals surface area contributed by atoms with Gasteiger partial charge >= 0.3 is 0 Å². The molecule has 1 aromatic heterocycles. The highest BCUT2D eigenvalue weighted by atomic mass is 32.2. The summed E-state index contributed by atoms with van der Waals surface area (Å²) in [6.07, 6.45) is 2.23. The van der Waals surface area contributed by atoms with Crippen molar-refractivity contribution in [1.82, 2.24) is 15.3 Å². The monoisotopic (exact) mass is 476 g/mol. The number of benzene rings is 2. The number of anilines is 1. The number of hydrogen-bond acceptors (Lipinski definition) is 6. The molecule has 0 bridgehead atoms. The average molecular weight is 477 g/mol. The lowest BCUT2D eigenvalue weighted by atomic mass is 10.1. The third kappa shape index (κ3) is 6.36. The number of nitrogens with one attached hydrogen (secondary N) is 1. The van der Waals surface area contributed by atoms with Crippen LogP contribution in [0.5, 0.6) is 0 Å². The van der Waals surface area contributed by atoms with Gasteiger partial charge in [0.25, 0.3) is 5.91 Å². The lowest BCUT2D eigenvalue weighted by molar-refractivity contribution is 0.0858. The highest BCUT2D eigenvalue weighted by molar-refractivity contribution is 7.98. The van der Waals surface area contributed by atoms with E-state index < -0.39 is 0 Å². The molecule has 1 saturated heterocycles. The number of aryl methyl sites for hydroxylation is 1. The quantitative estimate of drug-likeness (QED) is 0.349. The Balaban J connectivity index is 1.35. The van der Waals surface area contributed by atoms with Crippen molar-refractivity contribution >= 4 is 23.5 Å². The number of carbonyl (C=O) groups excluding carboxylic acids is 1. The normalized spacial score (nSPS) is 15.3. The van der Waals surface area contributed by atoms with Gasteiger partial charge in [-0.25, -0.2) is 9.97 Å². The fourth-order valence-electron chi connectivity index (χ4n) is 3.97. The van der Waals surface area contributed by atoms with E-state index in [1.54, 1.807) is 11.8 Å². The smallest absolute Gasteiger partial charge is 0.251 e. The first kappa shape index (κ1) is 24.2. The van der Waals surface area contributed by atoms with Gasteiger partial charge in [-0.05, 0) is 49.9 Å². The van der Waals surface area contributed by atoms with Gasteiger partial charge in [0.05, 0.1) is 6.10 Å². The van der Waals surface area contributed by atoms with Crippen molar-refractivity contribution in [2.45, 2.75) is 50.2 Å². The first-order valence-corrected chi connectivity index (χ1v) is 12.7. The first-order valence-electron chi connectivity index (χ1n) is 11.7. The van der Waals surface area contributed by atoms with Gasteiger partial charge in [-0.1, -0.05) is 54.2 Å². The Bertz CT molecular complexity index is 1100. The van der Waals surface area contributed by atoms with Gasteiger partial charge in [-0.2, -0.15) is 0 Å². The van der Waals surface area contributed by atoms with Crippen LogP contribution in [0.3, 0.4) is 0 Å². The Kier molecular flexibility index (Phi) is 8.19. The Morgan fingerprint density at radius 1 is 1.09 bits per heavy atom. The minimum absolute atomic E-state index is 0.0571. The highest BCUT2D eigenvalue weighted by Gasteiger charge is 2.17. The van der Waals surface area contributed by atoms with Crippen LogP contribution >= 0.6 is 11.8 Å². The second-order valence-electron chi connectivity index (χ2n) is 8.71. The van der Waals surface area contributed by atoms with Crippen molar-refractivity contribution < 1.29 is 9.53 Å². The Hall–Kier alpha value is -2.90. The summed E-state index contributed by atoms with van der Waals surface area (Å²) in [6, 6.07) is 18.1. The standard InChI is InChI=1S/C27H32N4O2S/c1-19-20(2)29-27(30-25(19)31(3)17-21-8-5-4-6-9-21)34-18-22-11-13-23(14-12-22)26(32)28-16-24-10-7-15-33-24/h4-6,8-9,11-14,24H,7,10,15-18H2,1-3H3,(H,28,32). The van der Waals surface area contributed by atoms with E-state index >= 15 is 0 Å². The number of carbonyl (C=O) groups is 1. The van der Waals surface area contributed by atoms with E-state index in [4.69, 9.17) is 14.7 Å². The molecule has 0 radical (unpaired) electrons. The molecule has 6 nitrogen and oxygen atoms in total. The van der Waals surface area contributed by atoms with Crippen molar-refractivity contribution in [3.63, 3.8) is 0 Å². The minimum atomic E-state index is -0.0571. The zero-order valence-electron chi connectivity index (χ0n) is 20.1. The second kappa shape index (κ2) is 11.5. The molecule has 1 N–H and O–H groups in total. The molecule has 34 heavy (non-hydrogen) atoms. The van der Waals surface area contributed by atoms with Crippen LogP contribution in [0.2, 0.25) is 0 Å². The summed E-state index contributed by atoms with van der Waals surface area (Å²) < 4.78 is 5.57. The molecule has 0 spiro atoms. The average Bonchev–Trinajstić information content (AvgIpc) is 3.38. The molecule has 1 fully saturated rings. The number of hydrogen-bond donors (Lipinski definition) is 1. The molecule has 4 rings (SSSR count). The summed E-state index contributed by atoms with van der Waals surface area (Å²) in [5.74, 6) is 1.64. The van der Waals surface area contributed by atoms with Gasteiger partial charge < -0.3 is 15.0 Å². The van der Waals surface area contributed by atoms with Gasteiger partial charge in [0.15, 0.2) is 5.16 Å². The largest absolute Gasteiger partial charge is 0.376 e. The Morgan fingerprint density at radius 3 is 2.56 bits per heavy atom. The highest BCUT2D eigenvalue weighted by Crippen LogP contribution is 2.26. The van der Waals surface area contributed by atoms with E-state index in [9.17, 15) is 4.79 Å². The number of nitrogens with zero attached hydrogens (tertiary/aromatic N) is 3. The van der Waals surface area contributed by atoms with Crippen LogP contribution in [0.15, 0.2) is 59.8 Å². The predicted octanol–water partition coefficient (Wildman–Crippen LogP) is 4.93. The maximum absolute atomic E-state index is 12.4. The molecule has 3 aromatic rings. The number of thioether (sulfide) groups is 1. The van der Waals surface area contributed by atoms with E-state index in [1.807, 2.05) is 37.3 Å². The van der Waals surface area contributed by atoms with Crippen molar-refractivity contribution in [2.75, 3.05) is 25.1 Å². The molecule has 0 saturated carbocycles. The summed E-state index contributed by atoms with van der Waals surface area (Å²) in [6.45, 7) is 6.26. The predicted molar refractivity (Wildman–Crippen MR) is 137 cm³/mol. The third-order valence-electron chi connectivity index (χ3n) is 6.07. The number of ether oxygens (including phenoxy) is 1. The summed E-state index contributed by atoms with van der Waals surface area (Å²) in [5.41, 5.74) is 5.13. The van der Waals surface area contributed by atoms with Gasteiger partial charge in [0.2, 0.25) is 0 Å². The zero-order chi connectivity index (χ0) is 23.9. The van der Waals surface area contributed by atoms with Crippen LogP contribution in [0.25, 0.3) is 0 Å². The van der Waals surface area contributed by atoms with E-state index in [-0.39, 0.29) is 12.0 Å². The summed E-state index contributed by atoms with van der Waals surface area (Å²) in [7, 11) is 2.07. The van der Waals surface area contributed by atoms with E-state index in [0.717, 1.165) is 59.5 Å². The maximum atomic E-state index is 12.4. The molecule has 1 aliphatic heterocycles. The second-order valence-corrected chi connectivity index (χ2v) is 9.66. The third-order valence-corrected chi connectivity index (χ3v) is 6.98. The lowest BCUT2D eigenvalue weighted by Gasteiger charge is -2.21.